The van der Waals surface area contributed by atoms with Gasteiger partial charge >= 0.3 is 0 Å². The highest BCUT2D eigenvalue weighted by Gasteiger charge is 2.34. The van der Waals surface area contributed by atoms with E-state index in [9.17, 15) is 4.79 Å². The van der Waals surface area contributed by atoms with Crippen LogP contribution >= 0.6 is 0 Å². The predicted molar refractivity (Wildman–Crippen MR) is 64.3 cm³/mol. The van der Waals surface area contributed by atoms with Gasteiger partial charge in [-0.3, -0.25) is 4.79 Å². The van der Waals surface area contributed by atoms with Gasteiger partial charge < -0.3 is 15.4 Å². The molecule has 0 saturated carbocycles. The molecule has 2 unspecified atom stereocenters. The Bertz CT molecular complexity index is 225. The third-order valence-electron chi connectivity index (χ3n) is 3.09. The van der Waals surface area contributed by atoms with Gasteiger partial charge in [0.2, 0.25) is 5.91 Å². The first-order valence-electron chi connectivity index (χ1n) is 6.18. The lowest BCUT2D eigenvalue weighted by Crippen LogP contribution is -2.51. The number of hydrogen-bond donors (Lipinski definition) is 2. The summed E-state index contributed by atoms with van der Waals surface area (Å²) in [4.78, 5) is 12.1. The van der Waals surface area contributed by atoms with Gasteiger partial charge in [0.15, 0.2) is 0 Å². The van der Waals surface area contributed by atoms with Crippen molar-refractivity contribution >= 4 is 5.91 Å². The minimum absolute atomic E-state index is 0.0891. The quantitative estimate of drug-likeness (QED) is 0.735. The second kappa shape index (κ2) is 6.21. The van der Waals surface area contributed by atoms with Crippen molar-refractivity contribution in [1.82, 2.24) is 10.6 Å². The van der Waals surface area contributed by atoms with E-state index in [0.717, 1.165) is 25.9 Å². The van der Waals surface area contributed by atoms with Crippen LogP contribution in [0.5, 0.6) is 0 Å². The van der Waals surface area contributed by atoms with Crippen molar-refractivity contribution in [2.75, 3.05) is 26.3 Å². The van der Waals surface area contributed by atoms with E-state index in [1.165, 1.54) is 0 Å². The van der Waals surface area contributed by atoms with Crippen LogP contribution in [0.15, 0.2) is 0 Å². The zero-order valence-electron chi connectivity index (χ0n) is 10.6. The van der Waals surface area contributed by atoms with Crippen molar-refractivity contribution in [2.24, 2.45) is 5.41 Å². The molecule has 2 atom stereocenters. The monoisotopic (exact) mass is 228 g/mol. The first-order valence-corrected chi connectivity index (χ1v) is 6.18. The Morgan fingerprint density at radius 2 is 2.38 bits per heavy atom. The van der Waals surface area contributed by atoms with Gasteiger partial charge in [0.25, 0.3) is 0 Å². The molecule has 0 aromatic rings. The molecule has 1 saturated heterocycles. The van der Waals surface area contributed by atoms with Crippen molar-refractivity contribution in [3.8, 4) is 0 Å². The van der Waals surface area contributed by atoms with E-state index < -0.39 is 0 Å². The van der Waals surface area contributed by atoms with Crippen LogP contribution < -0.4 is 10.6 Å². The summed E-state index contributed by atoms with van der Waals surface area (Å²) >= 11 is 0. The molecule has 2 N–H and O–H groups in total. The van der Waals surface area contributed by atoms with Crippen molar-refractivity contribution in [1.29, 1.82) is 0 Å². The van der Waals surface area contributed by atoms with E-state index in [2.05, 4.69) is 10.6 Å². The van der Waals surface area contributed by atoms with Crippen LogP contribution in [0.25, 0.3) is 0 Å². The van der Waals surface area contributed by atoms with E-state index in [-0.39, 0.29) is 17.4 Å². The van der Waals surface area contributed by atoms with Crippen LogP contribution in [0.1, 0.15) is 33.6 Å². The number of amides is 1. The third-order valence-corrected chi connectivity index (χ3v) is 3.09. The van der Waals surface area contributed by atoms with Crippen LogP contribution in [0.3, 0.4) is 0 Å². The number of ether oxygens (including phenoxy) is 1. The molecular weight excluding hydrogens is 204 g/mol. The van der Waals surface area contributed by atoms with Crippen LogP contribution in [0, 0.1) is 5.41 Å². The summed E-state index contributed by atoms with van der Waals surface area (Å²) in [5, 5.41) is 6.30. The summed E-state index contributed by atoms with van der Waals surface area (Å²) in [6, 6.07) is 0.0891. The van der Waals surface area contributed by atoms with Crippen LogP contribution in [0.2, 0.25) is 0 Å². The summed E-state index contributed by atoms with van der Waals surface area (Å²) in [7, 11) is 0. The first kappa shape index (κ1) is 13.5. The topological polar surface area (TPSA) is 50.4 Å². The average molecular weight is 228 g/mol. The van der Waals surface area contributed by atoms with E-state index in [0.29, 0.717) is 13.2 Å². The SMILES string of the molecule is CCOCC(C)NC(=O)C1(C)CCCNC1. The van der Waals surface area contributed by atoms with Crippen LogP contribution in [-0.2, 0) is 9.53 Å². The summed E-state index contributed by atoms with van der Waals surface area (Å²) in [5.74, 6) is 0.145. The Morgan fingerprint density at radius 3 is 2.94 bits per heavy atom. The zero-order valence-corrected chi connectivity index (χ0v) is 10.6. The lowest BCUT2D eigenvalue weighted by molar-refractivity contribution is -0.132. The molecule has 16 heavy (non-hydrogen) atoms. The maximum absolute atomic E-state index is 12.1. The third kappa shape index (κ3) is 3.76. The number of piperidine rings is 1. The van der Waals surface area contributed by atoms with Crippen molar-refractivity contribution in [2.45, 2.75) is 39.7 Å². The van der Waals surface area contributed by atoms with E-state index in [1.54, 1.807) is 0 Å². The molecule has 1 aliphatic heterocycles. The van der Waals surface area contributed by atoms with Gasteiger partial charge in [-0.05, 0) is 40.2 Å². The standard InChI is InChI=1S/C12H24N2O2/c1-4-16-8-10(2)14-11(15)12(3)6-5-7-13-9-12/h10,13H,4-9H2,1-3H3,(H,14,15). The highest BCUT2D eigenvalue weighted by atomic mass is 16.5. The minimum atomic E-state index is -0.251. The fraction of sp³-hybridized carbons (Fsp3) is 0.917. The lowest BCUT2D eigenvalue weighted by atomic mass is 9.82. The van der Waals surface area contributed by atoms with Gasteiger partial charge in [0.1, 0.15) is 0 Å². The average Bonchev–Trinajstić information content (AvgIpc) is 2.27. The predicted octanol–water partition coefficient (Wildman–Crippen LogP) is 0.917. The fourth-order valence-corrected chi connectivity index (χ4v) is 1.98. The number of carbonyl (C=O) groups is 1. The van der Waals surface area contributed by atoms with Gasteiger partial charge in [0.05, 0.1) is 12.0 Å². The molecule has 1 fully saturated rings. The Labute approximate surface area is 98.1 Å². The molecule has 0 bridgehead atoms. The van der Waals surface area contributed by atoms with Crippen molar-refractivity contribution < 1.29 is 9.53 Å². The van der Waals surface area contributed by atoms with Crippen LogP contribution in [0.4, 0.5) is 0 Å². The second-order valence-electron chi connectivity index (χ2n) is 4.87. The second-order valence-corrected chi connectivity index (χ2v) is 4.87. The number of nitrogens with one attached hydrogen (secondary N) is 2. The molecule has 1 aliphatic rings. The molecule has 1 amide bonds. The number of hydrogen-bond acceptors (Lipinski definition) is 3. The van der Waals surface area contributed by atoms with Gasteiger partial charge in [0, 0.05) is 19.2 Å². The number of rotatable bonds is 5. The van der Waals surface area contributed by atoms with Gasteiger partial charge in [-0.2, -0.15) is 0 Å². The summed E-state index contributed by atoms with van der Waals surface area (Å²) < 4.78 is 5.29. The lowest BCUT2D eigenvalue weighted by Gasteiger charge is -2.33. The molecule has 94 valence electrons. The van der Waals surface area contributed by atoms with Gasteiger partial charge in [-0.1, -0.05) is 0 Å². The highest BCUT2D eigenvalue weighted by molar-refractivity contribution is 5.82. The first-order chi connectivity index (χ1) is 7.58. The molecule has 0 radical (unpaired) electrons. The zero-order chi connectivity index (χ0) is 12.0. The van der Waals surface area contributed by atoms with Crippen LogP contribution in [-0.4, -0.2) is 38.3 Å². The minimum Gasteiger partial charge on any atom is -0.380 e. The van der Waals surface area contributed by atoms with Gasteiger partial charge in [-0.25, -0.2) is 0 Å². The van der Waals surface area contributed by atoms with Crippen molar-refractivity contribution in [3.63, 3.8) is 0 Å². The molecular formula is C12H24N2O2. The molecule has 0 aromatic heterocycles. The maximum Gasteiger partial charge on any atom is 0.227 e. The summed E-state index contributed by atoms with van der Waals surface area (Å²) in [6.45, 7) is 9.05. The maximum atomic E-state index is 12.1. The molecule has 0 spiro atoms. The molecule has 1 heterocycles. The molecule has 0 aliphatic carbocycles. The molecule has 4 heteroatoms. The Balaban J connectivity index is 2.38. The summed E-state index contributed by atoms with van der Waals surface area (Å²) in [6.07, 6.45) is 2.04. The highest BCUT2D eigenvalue weighted by Crippen LogP contribution is 2.25. The van der Waals surface area contributed by atoms with Crippen molar-refractivity contribution in [3.05, 3.63) is 0 Å². The van der Waals surface area contributed by atoms with E-state index >= 15 is 0 Å². The molecule has 4 nitrogen and oxygen atoms in total. The normalized spacial score (nSPS) is 27.4. The smallest absolute Gasteiger partial charge is 0.227 e. The van der Waals surface area contributed by atoms with Gasteiger partial charge in [-0.15, -0.1) is 0 Å². The van der Waals surface area contributed by atoms with E-state index in [1.807, 2.05) is 20.8 Å². The van der Waals surface area contributed by atoms with E-state index in [4.69, 9.17) is 4.74 Å². The Morgan fingerprint density at radius 1 is 1.62 bits per heavy atom. The molecule has 0 aromatic carbocycles. The Hall–Kier alpha value is -0.610. The summed E-state index contributed by atoms with van der Waals surface area (Å²) in [5.41, 5.74) is -0.251. The largest absolute Gasteiger partial charge is 0.380 e. The Kier molecular flexibility index (Phi) is 5.22. The number of carbonyl (C=O) groups excluding carboxylic acids is 1. The molecule has 1 rings (SSSR count). The fourth-order valence-electron chi connectivity index (χ4n) is 1.98.